The zero-order valence-corrected chi connectivity index (χ0v) is 12.6. The number of likely N-dealkylation sites (tertiary alicyclic amines) is 1. The number of furan rings is 1. The number of para-hydroxylation sites is 1. The van der Waals surface area contributed by atoms with Crippen LogP contribution in [0.5, 0.6) is 0 Å². The second-order valence-electron chi connectivity index (χ2n) is 5.39. The maximum absolute atomic E-state index is 12.4. The molecule has 1 saturated heterocycles. The molecule has 1 aromatic carbocycles. The number of nitrogens with one attached hydrogen (secondary N) is 1. The SMILES string of the molecule is O=C(Nc1ccccc1)[C@@H]1CCCN1C(=O)/C=C\c1ccco1. The molecule has 1 aliphatic rings. The summed E-state index contributed by atoms with van der Waals surface area (Å²) in [4.78, 5) is 26.3. The molecule has 2 heterocycles. The lowest BCUT2D eigenvalue weighted by Gasteiger charge is -2.22. The quantitative estimate of drug-likeness (QED) is 0.883. The molecular formula is C18H18N2O3. The first-order chi connectivity index (χ1) is 11.2. The van der Waals surface area contributed by atoms with Gasteiger partial charge in [0, 0.05) is 18.3 Å². The number of anilines is 1. The average Bonchev–Trinajstić information content (AvgIpc) is 3.25. The van der Waals surface area contributed by atoms with Gasteiger partial charge in [0.1, 0.15) is 11.8 Å². The molecule has 118 valence electrons. The lowest BCUT2D eigenvalue weighted by atomic mass is 10.2. The van der Waals surface area contributed by atoms with E-state index in [9.17, 15) is 9.59 Å². The van der Waals surface area contributed by atoms with Crippen molar-refractivity contribution < 1.29 is 14.0 Å². The molecule has 23 heavy (non-hydrogen) atoms. The van der Waals surface area contributed by atoms with Gasteiger partial charge in [0.25, 0.3) is 0 Å². The van der Waals surface area contributed by atoms with Gasteiger partial charge in [0.15, 0.2) is 0 Å². The van der Waals surface area contributed by atoms with E-state index in [1.165, 1.54) is 6.08 Å². The third-order valence-electron chi connectivity index (χ3n) is 3.81. The maximum atomic E-state index is 12.4. The summed E-state index contributed by atoms with van der Waals surface area (Å²) in [6.45, 7) is 0.591. The van der Waals surface area contributed by atoms with Gasteiger partial charge in [-0.1, -0.05) is 18.2 Å². The minimum Gasteiger partial charge on any atom is -0.465 e. The lowest BCUT2D eigenvalue weighted by Crippen LogP contribution is -2.42. The number of carbonyl (C=O) groups excluding carboxylic acids is 2. The molecule has 0 unspecified atom stereocenters. The largest absolute Gasteiger partial charge is 0.465 e. The fourth-order valence-electron chi connectivity index (χ4n) is 2.69. The highest BCUT2D eigenvalue weighted by atomic mass is 16.3. The van der Waals surface area contributed by atoms with E-state index in [0.717, 1.165) is 12.1 Å². The monoisotopic (exact) mass is 310 g/mol. The van der Waals surface area contributed by atoms with Crippen LogP contribution in [-0.4, -0.2) is 29.3 Å². The highest BCUT2D eigenvalue weighted by Crippen LogP contribution is 2.20. The summed E-state index contributed by atoms with van der Waals surface area (Å²) < 4.78 is 5.16. The molecule has 2 amide bonds. The molecule has 0 radical (unpaired) electrons. The zero-order chi connectivity index (χ0) is 16.1. The van der Waals surface area contributed by atoms with Crippen molar-refractivity contribution in [3.05, 3.63) is 60.6 Å². The second kappa shape index (κ2) is 6.96. The van der Waals surface area contributed by atoms with Crippen molar-refractivity contribution in [2.24, 2.45) is 0 Å². The van der Waals surface area contributed by atoms with E-state index < -0.39 is 6.04 Å². The Morgan fingerprint density at radius 1 is 1.17 bits per heavy atom. The molecule has 5 nitrogen and oxygen atoms in total. The second-order valence-corrected chi connectivity index (χ2v) is 5.39. The van der Waals surface area contributed by atoms with Crippen LogP contribution < -0.4 is 5.32 Å². The number of carbonyl (C=O) groups is 2. The molecular weight excluding hydrogens is 292 g/mol. The Hall–Kier alpha value is -2.82. The van der Waals surface area contributed by atoms with Crippen LogP contribution in [0.1, 0.15) is 18.6 Å². The van der Waals surface area contributed by atoms with Crippen LogP contribution >= 0.6 is 0 Å². The fraction of sp³-hybridized carbons (Fsp3) is 0.222. The van der Waals surface area contributed by atoms with Crippen LogP contribution in [0.4, 0.5) is 5.69 Å². The predicted octanol–water partition coefficient (Wildman–Crippen LogP) is 2.92. The van der Waals surface area contributed by atoms with Crippen LogP contribution in [0, 0.1) is 0 Å². The number of benzene rings is 1. The van der Waals surface area contributed by atoms with E-state index in [1.807, 2.05) is 30.3 Å². The minimum atomic E-state index is -0.427. The molecule has 1 N–H and O–H groups in total. The van der Waals surface area contributed by atoms with Gasteiger partial charge in [-0.3, -0.25) is 9.59 Å². The number of amides is 2. The Kier molecular flexibility index (Phi) is 4.57. The van der Waals surface area contributed by atoms with Crippen LogP contribution in [0.3, 0.4) is 0 Å². The first-order valence-electron chi connectivity index (χ1n) is 7.62. The van der Waals surface area contributed by atoms with E-state index in [1.54, 1.807) is 29.4 Å². The summed E-state index contributed by atoms with van der Waals surface area (Å²) in [5.41, 5.74) is 0.739. The van der Waals surface area contributed by atoms with E-state index in [0.29, 0.717) is 18.7 Å². The first-order valence-corrected chi connectivity index (χ1v) is 7.62. The van der Waals surface area contributed by atoms with Crippen molar-refractivity contribution in [1.29, 1.82) is 0 Å². The Morgan fingerprint density at radius 3 is 2.74 bits per heavy atom. The predicted molar refractivity (Wildman–Crippen MR) is 87.5 cm³/mol. The van der Waals surface area contributed by atoms with Gasteiger partial charge in [-0.2, -0.15) is 0 Å². The van der Waals surface area contributed by atoms with Crippen molar-refractivity contribution in [3.8, 4) is 0 Å². The third kappa shape index (κ3) is 3.69. The minimum absolute atomic E-state index is 0.145. The van der Waals surface area contributed by atoms with E-state index in [4.69, 9.17) is 4.42 Å². The molecule has 5 heteroatoms. The first kappa shape index (κ1) is 15.1. The Morgan fingerprint density at radius 2 is 2.00 bits per heavy atom. The molecule has 3 rings (SSSR count). The summed E-state index contributed by atoms with van der Waals surface area (Å²) in [7, 11) is 0. The molecule has 0 saturated carbocycles. The molecule has 1 fully saturated rings. The van der Waals surface area contributed by atoms with Gasteiger partial charge >= 0.3 is 0 Å². The smallest absolute Gasteiger partial charge is 0.247 e. The molecule has 1 atom stereocenters. The fourth-order valence-corrected chi connectivity index (χ4v) is 2.69. The van der Waals surface area contributed by atoms with E-state index >= 15 is 0 Å². The van der Waals surface area contributed by atoms with Gasteiger partial charge in [0.2, 0.25) is 11.8 Å². The van der Waals surface area contributed by atoms with E-state index in [-0.39, 0.29) is 11.8 Å². The Labute approximate surface area is 134 Å². The summed E-state index contributed by atoms with van der Waals surface area (Å²) in [6.07, 6.45) is 6.13. The lowest BCUT2D eigenvalue weighted by molar-refractivity contribution is -0.132. The van der Waals surface area contributed by atoms with Crippen molar-refractivity contribution in [3.63, 3.8) is 0 Å². The maximum Gasteiger partial charge on any atom is 0.247 e. The number of hydrogen-bond acceptors (Lipinski definition) is 3. The van der Waals surface area contributed by atoms with Crippen molar-refractivity contribution >= 4 is 23.6 Å². The van der Waals surface area contributed by atoms with Gasteiger partial charge in [-0.05, 0) is 43.2 Å². The van der Waals surface area contributed by atoms with Gasteiger partial charge in [0.05, 0.1) is 6.26 Å². The highest BCUT2D eigenvalue weighted by molar-refractivity contribution is 6.00. The molecule has 0 bridgehead atoms. The summed E-state index contributed by atoms with van der Waals surface area (Å²) in [6, 6.07) is 12.4. The van der Waals surface area contributed by atoms with E-state index in [2.05, 4.69) is 5.32 Å². The third-order valence-corrected chi connectivity index (χ3v) is 3.81. The Balaban J connectivity index is 1.65. The topological polar surface area (TPSA) is 62.6 Å². The van der Waals surface area contributed by atoms with Crippen LogP contribution in [0.25, 0.3) is 6.08 Å². The number of rotatable bonds is 4. The summed E-state index contributed by atoms with van der Waals surface area (Å²) in [5.74, 6) is 0.295. The molecule has 0 spiro atoms. The van der Waals surface area contributed by atoms with Gasteiger partial charge in [-0.15, -0.1) is 0 Å². The van der Waals surface area contributed by atoms with Crippen molar-refractivity contribution in [2.45, 2.75) is 18.9 Å². The molecule has 1 aromatic heterocycles. The van der Waals surface area contributed by atoms with Gasteiger partial charge < -0.3 is 14.6 Å². The van der Waals surface area contributed by atoms with Crippen molar-refractivity contribution in [2.75, 3.05) is 11.9 Å². The molecule has 0 aliphatic carbocycles. The average molecular weight is 310 g/mol. The summed E-state index contributed by atoms with van der Waals surface area (Å²) in [5, 5.41) is 2.86. The Bertz CT molecular complexity index is 692. The molecule has 2 aromatic rings. The summed E-state index contributed by atoms with van der Waals surface area (Å²) >= 11 is 0. The van der Waals surface area contributed by atoms with Crippen LogP contribution in [0.2, 0.25) is 0 Å². The van der Waals surface area contributed by atoms with Crippen LogP contribution in [0.15, 0.2) is 59.2 Å². The van der Waals surface area contributed by atoms with Crippen molar-refractivity contribution in [1.82, 2.24) is 4.90 Å². The van der Waals surface area contributed by atoms with Gasteiger partial charge in [-0.25, -0.2) is 0 Å². The zero-order valence-electron chi connectivity index (χ0n) is 12.6. The standard InChI is InChI=1S/C18H18N2O3/c21-17(11-10-15-8-5-13-23-15)20-12-4-9-16(20)18(22)19-14-6-2-1-3-7-14/h1-3,5-8,10-11,13,16H,4,9,12H2,(H,19,22)/b11-10-/t16-/m0/s1. The number of hydrogen-bond donors (Lipinski definition) is 1. The normalized spacial score (nSPS) is 17.6. The highest BCUT2D eigenvalue weighted by Gasteiger charge is 2.33. The number of nitrogens with zero attached hydrogens (tertiary/aromatic N) is 1. The van der Waals surface area contributed by atoms with Crippen LogP contribution in [-0.2, 0) is 9.59 Å². The molecule has 1 aliphatic heterocycles.